The van der Waals surface area contributed by atoms with Gasteiger partial charge in [0.25, 0.3) is 0 Å². The Balaban J connectivity index is 1.68. The van der Waals surface area contributed by atoms with Crippen LogP contribution in [0, 0.1) is 5.41 Å². The molecule has 0 aliphatic heterocycles. The highest BCUT2D eigenvalue weighted by atomic mass is 16.5. The van der Waals surface area contributed by atoms with Crippen molar-refractivity contribution in [3.05, 3.63) is 41.0 Å². The fourth-order valence-corrected chi connectivity index (χ4v) is 4.73. The number of nitrogens with one attached hydrogen (secondary N) is 1. The summed E-state index contributed by atoms with van der Waals surface area (Å²) in [5.74, 6) is 0.251. The smallest absolute Gasteiger partial charge is 0.249 e. The van der Waals surface area contributed by atoms with E-state index in [1.165, 1.54) is 36.8 Å². The standard InChI is InChI=1S/C25H38N2O2/c1-4-29-16-15-27-21-8-5-18(6-9-21)20-7-10-22(24(26)28)23(17-20)19-11-13-25(2,3)14-12-19/h7,10-11,17-18,21,27H,4-6,8-9,12-16H2,1-3H3,(H2,26,28). The van der Waals surface area contributed by atoms with E-state index in [9.17, 15) is 4.79 Å². The van der Waals surface area contributed by atoms with Gasteiger partial charge in [-0.3, -0.25) is 4.79 Å². The van der Waals surface area contributed by atoms with Gasteiger partial charge in [-0.1, -0.05) is 32.1 Å². The zero-order valence-electron chi connectivity index (χ0n) is 18.4. The molecule has 160 valence electrons. The second kappa shape index (κ2) is 9.90. The Labute approximate surface area is 176 Å². The maximum atomic E-state index is 12.0. The van der Waals surface area contributed by atoms with E-state index in [2.05, 4.69) is 37.4 Å². The summed E-state index contributed by atoms with van der Waals surface area (Å²) in [5.41, 5.74) is 10.5. The minimum atomic E-state index is -0.320. The van der Waals surface area contributed by atoms with Crippen molar-refractivity contribution in [1.82, 2.24) is 5.32 Å². The number of carbonyl (C=O) groups excluding carboxylic acids is 1. The van der Waals surface area contributed by atoms with E-state index in [1.807, 2.05) is 13.0 Å². The summed E-state index contributed by atoms with van der Waals surface area (Å²) in [7, 11) is 0. The van der Waals surface area contributed by atoms with Crippen molar-refractivity contribution in [3.63, 3.8) is 0 Å². The number of carbonyl (C=O) groups is 1. The third-order valence-corrected chi connectivity index (χ3v) is 6.71. The minimum absolute atomic E-state index is 0.320. The van der Waals surface area contributed by atoms with Gasteiger partial charge in [0.1, 0.15) is 0 Å². The van der Waals surface area contributed by atoms with Gasteiger partial charge < -0.3 is 15.8 Å². The second-order valence-corrected chi connectivity index (χ2v) is 9.47. The predicted octanol–water partition coefficient (Wildman–Crippen LogP) is 5.03. The maximum absolute atomic E-state index is 12.0. The van der Waals surface area contributed by atoms with E-state index < -0.39 is 0 Å². The maximum Gasteiger partial charge on any atom is 0.249 e. The molecule has 0 saturated heterocycles. The van der Waals surface area contributed by atoms with Crippen molar-refractivity contribution >= 4 is 11.5 Å². The molecular formula is C25H38N2O2. The molecule has 1 saturated carbocycles. The third-order valence-electron chi connectivity index (χ3n) is 6.71. The Kier molecular flexibility index (Phi) is 7.53. The summed E-state index contributed by atoms with van der Waals surface area (Å²) in [5, 5.41) is 3.63. The first-order valence-corrected chi connectivity index (χ1v) is 11.3. The summed E-state index contributed by atoms with van der Waals surface area (Å²) in [4.78, 5) is 12.0. The van der Waals surface area contributed by atoms with Crippen molar-refractivity contribution in [2.45, 2.75) is 77.7 Å². The van der Waals surface area contributed by atoms with Crippen molar-refractivity contribution in [1.29, 1.82) is 0 Å². The van der Waals surface area contributed by atoms with Gasteiger partial charge in [-0.2, -0.15) is 0 Å². The van der Waals surface area contributed by atoms with Crippen LogP contribution in [0.3, 0.4) is 0 Å². The first kappa shape index (κ1) is 22.0. The molecule has 0 aromatic heterocycles. The number of hydrogen-bond donors (Lipinski definition) is 2. The first-order chi connectivity index (χ1) is 13.9. The van der Waals surface area contributed by atoms with Crippen LogP contribution in [0.5, 0.6) is 0 Å². The molecule has 4 nitrogen and oxygen atoms in total. The quantitative estimate of drug-likeness (QED) is 0.604. The molecule has 1 amide bonds. The number of hydrogen-bond acceptors (Lipinski definition) is 3. The number of rotatable bonds is 8. The second-order valence-electron chi connectivity index (χ2n) is 9.47. The van der Waals surface area contributed by atoms with Crippen LogP contribution in [0.1, 0.15) is 93.1 Å². The summed E-state index contributed by atoms with van der Waals surface area (Å²) < 4.78 is 5.42. The SMILES string of the molecule is CCOCCNC1CCC(c2ccc(C(N)=O)c(C3=CCC(C)(C)CC3)c2)CC1. The molecule has 0 atom stereocenters. The highest BCUT2D eigenvalue weighted by molar-refractivity contribution is 5.98. The number of primary amides is 1. The van der Waals surface area contributed by atoms with Crippen LogP contribution in [0.15, 0.2) is 24.3 Å². The molecule has 2 aliphatic rings. The van der Waals surface area contributed by atoms with Crippen LogP contribution >= 0.6 is 0 Å². The average Bonchev–Trinajstić information content (AvgIpc) is 2.71. The van der Waals surface area contributed by atoms with Crippen LogP contribution in [0.4, 0.5) is 0 Å². The normalized spacial score (nSPS) is 24.2. The fourth-order valence-electron chi connectivity index (χ4n) is 4.73. The van der Waals surface area contributed by atoms with Gasteiger partial charge in [0.2, 0.25) is 5.91 Å². The molecule has 4 heteroatoms. The van der Waals surface area contributed by atoms with Gasteiger partial charge in [-0.05, 0) is 86.0 Å². The molecule has 0 heterocycles. The summed E-state index contributed by atoms with van der Waals surface area (Å²) in [6.45, 7) is 9.17. The lowest BCUT2D eigenvalue weighted by molar-refractivity contribution is 0.1000. The summed E-state index contributed by atoms with van der Waals surface area (Å²) in [6, 6.07) is 6.95. The molecule has 1 fully saturated rings. The number of ether oxygens (including phenoxy) is 1. The van der Waals surface area contributed by atoms with Gasteiger partial charge in [-0.15, -0.1) is 0 Å². The van der Waals surface area contributed by atoms with Gasteiger partial charge in [0.05, 0.1) is 6.61 Å². The van der Waals surface area contributed by atoms with Crippen molar-refractivity contribution < 1.29 is 9.53 Å². The zero-order valence-corrected chi connectivity index (χ0v) is 18.4. The van der Waals surface area contributed by atoms with Crippen LogP contribution in [-0.4, -0.2) is 31.7 Å². The van der Waals surface area contributed by atoms with E-state index in [-0.39, 0.29) is 5.91 Å². The Morgan fingerprint density at radius 2 is 2.00 bits per heavy atom. The highest BCUT2D eigenvalue weighted by Crippen LogP contribution is 2.40. The van der Waals surface area contributed by atoms with Gasteiger partial charge in [0.15, 0.2) is 0 Å². The predicted molar refractivity (Wildman–Crippen MR) is 120 cm³/mol. The fraction of sp³-hybridized carbons (Fsp3) is 0.640. The largest absolute Gasteiger partial charge is 0.380 e. The Bertz CT molecular complexity index is 730. The van der Waals surface area contributed by atoms with E-state index in [0.29, 0.717) is 22.9 Å². The Morgan fingerprint density at radius 1 is 1.24 bits per heavy atom. The lowest BCUT2D eigenvalue weighted by Gasteiger charge is -2.31. The molecule has 0 spiro atoms. The monoisotopic (exact) mass is 398 g/mol. The van der Waals surface area contributed by atoms with Gasteiger partial charge in [0, 0.05) is 24.8 Å². The van der Waals surface area contributed by atoms with Crippen molar-refractivity contribution in [3.8, 4) is 0 Å². The van der Waals surface area contributed by atoms with Crippen LogP contribution in [0.25, 0.3) is 5.57 Å². The molecule has 1 aromatic carbocycles. The van der Waals surface area contributed by atoms with Crippen LogP contribution < -0.4 is 11.1 Å². The lowest BCUT2D eigenvalue weighted by atomic mass is 9.75. The van der Waals surface area contributed by atoms with E-state index in [4.69, 9.17) is 10.5 Å². The average molecular weight is 399 g/mol. The summed E-state index contributed by atoms with van der Waals surface area (Å²) in [6.07, 6.45) is 10.3. The molecule has 3 rings (SSSR count). The molecule has 2 aliphatic carbocycles. The van der Waals surface area contributed by atoms with Crippen LogP contribution in [0.2, 0.25) is 0 Å². The number of allylic oxidation sites excluding steroid dienone is 2. The number of benzene rings is 1. The van der Waals surface area contributed by atoms with E-state index in [1.54, 1.807) is 0 Å². The molecule has 29 heavy (non-hydrogen) atoms. The van der Waals surface area contributed by atoms with Gasteiger partial charge >= 0.3 is 0 Å². The molecule has 0 bridgehead atoms. The molecular weight excluding hydrogens is 360 g/mol. The molecule has 0 unspecified atom stereocenters. The Morgan fingerprint density at radius 3 is 2.62 bits per heavy atom. The van der Waals surface area contributed by atoms with Crippen molar-refractivity contribution in [2.24, 2.45) is 11.1 Å². The van der Waals surface area contributed by atoms with E-state index >= 15 is 0 Å². The van der Waals surface area contributed by atoms with Crippen LogP contribution in [-0.2, 0) is 4.74 Å². The minimum Gasteiger partial charge on any atom is -0.380 e. The number of nitrogens with two attached hydrogens (primary N) is 1. The summed E-state index contributed by atoms with van der Waals surface area (Å²) >= 11 is 0. The number of amides is 1. The Hall–Kier alpha value is -1.65. The van der Waals surface area contributed by atoms with Crippen molar-refractivity contribution in [2.75, 3.05) is 19.8 Å². The molecule has 0 radical (unpaired) electrons. The zero-order chi connectivity index (χ0) is 20.9. The molecule has 3 N–H and O–H groups in total. The first-order valence-electron chi connectivity index (χ1n) is 11.3. The molecule has 1 aromatic rings. The third kappa shape index (κ3) is 5.93. The topological polar surface area (TPSA) is 64.3 Å². The lowest BCUT2D eigenvalue weighted by Crippen LogP contribution is -2.35. The highest BCUT2D eigenvalue weighted by Gasteiger charge is 2.26. The van der Waals surface area contributed by atoms with Gasteiger partial charge in [-0.25, -0.2) is 0 Å². The van der Waals surface area contributed by atoms with E-state index in [0.717, 1.165) is 44.6 Å².